The fourth-order valence-corrected chi connectivity index (χ4v) is 2.77. The molecule has 0 aromatic heterocycles. The maximum absolute atomic E-state index is 12.3. The summed E-state index contributed by atoms with van der Waals surface area (Å²) in [5.41, 5.74) is 4.05. The normalized spacial score (nSPS) is 10.2. The van der Waals surface area contributed by atoms with Gasteiger partial charge in [-0.2, -0.15) is 0 Å². The van der Waals surface area contributed by atoms with E-state index in [0.717, 1.165) is 29.0 Å². The molecule has 1 amide bonds. The van der Waals surface area contributed by atoms with Crippen LogP contribution in [0.15, 0.2) is 60.7 Å². The molecule has 0 saturated heterocycles. The average Bonchev–Trinajstić information content (AvgIpc) is 2.71. The van der Waals surface area contributed by atoms with Gasteiger partial charge in [0.25, 0.3) is 17.3 Å². The van der Waals surface area contributed by atoms with E-state index in [1.807, 2.05) is 42.5 Å². The predicted molar refractivity (Wildman–Crippen MR) is 111 cm³/mol. The first kappa shape index (κ1) is 19.6. The Kier molecular flexibility index (Phi) is 5.60. The molecule has 3 aromatic rings. The van der Waals surface area contributed by atoms with Crippen molar-refractivity contribution in [2.75, 3.05) is 5.32 Å². The van der Waals surface area contributed by atoms with Gasteiger partial charge in [0, 0.05) is 23.2 Å². The van der Waals surface area contributed by atoms with Crippen molar-refractivity contribution in [2.45, 2.75) is 0 Å². The highest BCUT2D eigenvalue weighted by atomic mass is 32.1. The average molecular weight is 411 g/mol. The van der Waals surface area contributed by atoms with Crippen molar-refractivity contribution in [3.63, 3.8) is 0 Å². The van der Waals surface area contributed by atoms with Gasteiger partial charge in [0.2, 0.25) is 0 Å². The molecular weight excluding hydrogens is 398 g/mol. The minimum absolute atomic E-state index is 0.0645. The summed E-state index contributed by atoms with van der Waals surface area (Å²) in [6.07, 6.45) is 0. The van der Waals surface area contributed by atoms with Crippen LogP contribution in [0.25, 0.3) is 10.8 Å². The van der Waals surface area contributed by atoms with Crippen LogP contribution in [-0.4, -0.2) is 20.9 Å². The Hall–Kier alpha value is -4.12. The van der Waals surface area contributed by atoms with Gasteiger partial charge in [-0.25, -0.2) is 0 Å². The van der Waals surface area contributed by atoms with E-state index in [1.165, 1.54) is 0 Å². The van der Waals surface area contributed by atoms with Crippen LogP contribution in [-0.2, 0) is 0 Å². The number of fused-ring (bicyclic) bond motifs is 1. The molecule has 3 aromatic carbocycles. The molecule has 0 radical (unpaired) electrons. The molecule has 29 heavy (non-hydrogen) atoms. The molecule has 3 rings (SSSR count). The van der Waals surface area contributed by atoms with Gasteiger partial charge in [0.1, 0.15) is 0 Å². The summed E-state index contributed by atoms with van der Waals surface area (Å²) < 4.78 is 0. The zero-order valence-electron chi connectivity index (χ0n) is 14.6. The van der Waals surface area contributed by atoms with Gasteiger partial charge in [-0.1, -0.05) is 36.4 Å². The number of nitrogens with one attached hydrogen (secondary N) is 3. The molecule has 0 fully saturated rings. The highest BCUT2D eigenvalue weighted by Gasteiger charge is 2.20. The molecule has 0 aliphatic rings. The summed E-state index contributed by atoms with van der Waals surface area (Å²) >= 11 is 5.15. The summed E-state index contributed by atoms with van der Waals surface area (Å²) in [4.78, 5) is 32.5. The van der Waals surface area contributed by atoms with Gasteiger partial charge in [-0.05, 0) is 23.7 Å². The van der Waals surface area contributed by atoms with E-state index in [2.05, 4.69) is 16.2 Å². The largest absolute Gasteiger partial charge is 0.331 e. The number of benzene rings is 3. The number of carbonyl (C=O) groups excluding carboxylic acids is 1. The fraction of sp³-hybridized carbons (Fsp3) is 0. The van der Waals surface area contributed by atoms with Crippen LogP contribution in [0.4, 0.5) is 17.1 Å². The number of nitrogens with zero attached hydrogens (tertiary/aromatic N) is 2. The number of carbonyl (C=O) groups is 1. The first-order chi connectivity index (χ1) is 13.8. The third-order valence-electron chi connectivity index (χ3n) is 3.91. The topological polar surface area (TPSA) is 139 Å². The molecule has 146 valence electrons. The van der Waals surface area contributed by atoms with Crippen molar-refractivity contribution in [1.29, 1.82) is 0 Å². The smallest absolute Gasteiger partial charge is 0.277 e. The maximum Gasteiger partial charge on any atom is 0.277 e. The van der Waals surface area contributed by atoms with E-state index < -0.39 is 27.1 Å². The lowest BCUT2D eigenvalue weighted by Gasteiger charge is -2.13. The number of hydrogen-bond donors (Lipinski definition) is 3. The second-order valence-electron chi connectivity index (χ2n) is 5.81. The van der Waals surface area contributed by atoms with Crippen molar-refractivity contribution in [3.8, 4) is 0 Å². The molecule has 0 spiro atoms. The first-order valence-corrected chi connectivity index (χ1v) is 8.55. The highest BCUT2D eigenvalue weighted by molar-refractivity contribution is 7.80. The van der Waals surface area contributed by atoms with Crippen molar-refractivity contribution in [1.82, 2.24) is 10.9 Å². The number of anilines is 1. The lowest BCUT2D eigenvalue weighted by molar-refractivity contribution is -0.394. The van der Waals surface area contributed by atoms with Gasteiger partial charge in [0.05, 0.1) is 21.5 Å². The van der Waals surface area contributed by atoms with Crippen LogP contribution in [0.2, 0.25) is 0 Å². The minimum Gasteiger partial charge on any atom is -0.331 e. The summed E-state index contributed by atoms with van der Waals surface area (Å²) in [7, 11) is 0. The maximum atomic E-state index is 12.3. The number of amides is 1. The second-order valence-corrected chi connectivity index (χ2v) is 6.22. The summed E-state index contributed by atoms with van der Waals surface area (Å²) in [6.45, 7) is 0. The number of hydrogen-bond acceptors (Lipinski definition) is 6. The van der Waals surface area contributed by atoms with Crippen LogP contribution in [0.5, 0.6) is 0 Å². The molecule has 0 heterocycles. The van der Waals surface area contributed by atoms with Crippen molar-refractivity contribution in [2.24, 2.45) is 0 Å². The lowest BCUT2D eigenvalue weighted by atomic mass is 10.1. The number of nitro benzene ring substituents is 2. The Morgan fingerprint density at radius 1 is 0.862 bits per heavy atom. The molecule has 10 nitrogen and oxygen atoms in total. The van der Waals surface area contributed by atoms with Crippen molar-refractivity contribution >= 4 is 51.1 Å². The minimum atomic E-state index is -0.820. The van der Waals surface area contributed by atoms with Gasteiger partial charge in [-0.15, -0.1) is 0 Å². The van der Waals surface area contributed by atoms with Crippen LogP contribution in [0, 0.1) is 20.2 Å². The Balaban J connectivity index is 1.71. The third-order valence-corrected chi connectivity index (χ3v) is 4.12. The Morgan fingerprint density at radius 3 is 2.14 bits per heavy atom. The summed E-state index contributed by atoms with van der Waals surface area (Å²) in [5, 5.41) is 26.8. The lowest BCUT2D eigenvalue weighted by Crippen LogP contribution is -2.43. The first-order valence-electron chi connectivity index (χ1n) is 8.14. The van der Waals surface area contributed by atoms with Crippen LogP contribution >= 0.6 is 12.2 Å². The standard InChI is InChI=1S/C18H13N5O5S/c24-17(12-8-13(22(25)26)10-14(9-12)23(27)28)20-21-18(29)19-16-7-3-5-11-4-1-2-6-15(11)16/h1-10H,(H,20,24)(H2,19,21,29). The third kappa shape index (κ3) is 4.59. The molecule has 0 unspecified atom stereocenters. The Labute approximate surface area is 168 Å². The van der Waals surface area contributed by atoms with Crippen LogP contribution < -0.4 is 16.2 Å². The highest BCUT2D eigenvalue weighted by Crippen LogP contribution is 2.23. The molecular formula is C18H13N5O5S. The van der Waals surface area contributed by atoms with Gasteiger partial charge in [-0.3, -0.25) is 35.9 Å². The van der Waals surface area contributed by atoms with E-state index >= 15 is 0 Å². The summed E-state index contributed by atoms with van der Waals surface area (Å²) in [5.74, 6) is -0.820. The zero-order valence-corrected chi connectivity index (χ0v) is 15.4. The monoisotopic (exact) mass is 411 g/mol. The van der Waals surface area contributed by atoms with Crippen molar-refractivity contribution < 1.29 is 14.6 Å². The summed E-state index contributed by atoms with van der Waals surface area (Å²) in [6, 6.07) is 15.9. The second kappa shape index (κ2) is 8.27. The fourth-order valence-electron chi connectivity index (χ4n) is 2.61. The number of thiocarbonyl (C=S) groups is 1. The Morgan fingerprint density at radius 2 is 1.48 bits per heavy atom. The quantitative estimate of drug-likeness (QED) is 0.338. The zero-order chi connectivity index (χ0) is 21.0. The number of non-ortho nitro benzene ring substituents is 2. The molecule has 11 heteroatoms. The Bertz CT molecular complexity index is 1110. The van der Waals surface area contributed by atoms with Gasteiger partial charge >= 0.3 is 0 Å². The van der Waals surface area contributed by atoms with E-state index in [9.17, 15) is 25.0 Å². The predicted octanol–water partition coefficient (Wildman–Crippen LogP) is 3.29. The molecule has 0 saturated carbocycles. The van der Waals surface area contributed by atoms with Crippen molar-refractivity contribution in [3.05, 3.63) is 86.5 Å². The van der Waals surface area contributed by atoms with E-state index in [1.54, 1.807) is 0 Å². The molecule has 0 aliphatic heterocycles. The number of rotatable bonds is 4. The SMILES string of the molecule is O=C(NNC(=S)Nc1cccc2ccccc12)c1cc([N+](=O)[O-])cc([N+](=O)[O-])c1. The molecule has 3 N–H and O–H groups in total. The van der Waals surface area contributed by atoms with Gasteiger partial charge in [0.15, 0.2) is 5.11 Å². The van der Waals surface area contributed by atoms with E-state index in [-0.39, 0.29) is 10.7 Å². The number of nitro groups is 2. The van der Waals surface area contributed by atoms with E-state index in [4.69, 9.17) is 12.2 Å². The van der Waals surface area contributed by atoms with Gasteiger partial charge < -0.3 is 5.32 Å². The molecule has 0 atom stereocenters. The molecule has 0 bridgehead atoms. The van der Waals surface area contributed by atoms with Crippen LogP contribution in [0.3, 0.4) is 0 Å². The van der Waals surface area contributed by atoms with Crippen LogP contribution in [0.1, 0.15) is 10.4 Å². The van der Waals surface area contributed by atoms with E-state index in [0.29, 0.717) is 5.69 Å². The molecule has 0 aliphatic carbocycles. The number of hydrazine groups is 1.